The van der Waals surface area contributed by atoms with Crippen molar-refractivity contribution in [3.05, 3.63) is 66.6 Å². The van der Waals surface area contributed by atoms with Crippen LogP contribution in [0, 0.1) is 0 Å². The maximum Gasteiger partial charge on any atom is 0.157 e. The van der Waals surface area contributed by atoms with Crippen molar-refractivity contribution >= 4 is 21.9 Å². The van der Waals surface area contributed by atoms with Crippen molar-refractivity contribution in [1.29, 1.82) is 0 Å². The second-order valence-electron chi connectivity index (χ2n) is 6.03. The van der Waals surface area contributed by atoms with E-state index in [1.807, 2.05) is 59.9 Å². The molecule has 0 fully saturated rings. The third kappa shape index (κ3) is 3.52. The molecule has 0 aliphatic carbocycles. The summed E-state index contributed by atoms with van der Waals surface area (Å²) in [5.74, 6) is 1.58. The normalized spacial score (nSPS) is 12.7. The molecule has 0 saturated heterocycles. The van der Waals surface area contributed by atoms with Crippen LogP contribution in [0.5, 0.6) is 5.75 Å². The van der Waals surface area contributed by atoms with E-state index in [-0.39, 0.29) is 6.61 Å². The fourth-order valence-corrected chi connectivity index (χ4v) is 2.90. The van der Waals surface area contributed by atoms with E-state index in [2.05, 4.69) is 0 Å². The van der Waals surface area contributed by atoms with E-state index in [4.69, 9.17) is 13.6 Å². The SMILES string of the molecule is O[C@H](C[NH2+]Cc1ccco1)COc1ccc2c(c1)oc1ccccc12. The van der Waals surface area contributed by atoms with Crippen LogP contribution in [0.2, 0.25) is 0 Å². The van der Waals surface area contributed by atoms with Gasteiger partial charge in [-0.15, -0.1) is 0 Å². The number of fused-ring (bicyclic) bond motifs is 3. The highest BCUT2D eigenvalue weighted by atomic mass is 16.5. The van der Waals surface area contributed by atoms with E-state index in [1.165, 1.54) is 0 Å². The van der Waals surface area contributed by atoms with Crippen LogP contribution in [-0.4, -0.2) is 24.4 Å². The summed E-state index contributed by atoms with van der Waals surface area (Å²) in [5, 5.41) is 14.2. The number of nitrogens with two attached hydrogens (primary N) is 1. The van der Waals surface area contributed by atoms with Crippen molar-refractivity contribution < 1.29 is 24.0 Å². The molecule has 5 heteroatoms. The van der Waals surface area contributed by atoms with Gasteiger partial charge in [-0.2, -0.15) is 0 Å². The fourth-order valence-electron chi connectivity index (χ4n) is 2.90. The van der Waals surface area contributed by atoms with Crippen LogP contribution in [0.25, 0.3) is 21.9 Å². The molecule has 3 N–H and O–H groups in total. The number of hydrogen-bond acceptors (Lipinski definition) is 4. The summed E-state index contributed by atoms with van der Waals surface area (Å²) in [4.78, 5) is 0. The molecule has 0 spiro atoms. The van der Waals surface area contributed by atoms with Crippen LogP contribution >= 0.6 is 0 Å². The Morgan fingerprint density at radius 1 is 1.00 bits per heavy atom. The van der Waals surface area contributed by atoms with Gasteiger partial charge in [0.05, 0.1) is 6.26 Å². The van der Waals surface area contributed by atoms with E-state index < -0.39 is 6.10 Å². The van der Waals surface area contributed by atoms with Crippen molar-refractivity contribution in [3.63, 3.8) is 0 Å². The van der Waals surface area contributed by atoms with Crippen molar-refractivity contribution in [2.45, 2.75) is 12.6 Å². The first-order valence-electron chi connectivity index (χ1n) is 8.36. The molecule has 0 aliphatic heterocycles. The van der Waals surface area contributed by atoms with Gasteiger partial charge in [0.15, 0.2) is 5.76 Å². The number of para-hydroxylation sites is 1. The van der Waals surface area contributed by atoms with E-state index in [9.17, 15) is 5.11 Å². The lowest BCUT2D eigenvalue weighted by atomic mass is 10.1. The zero-order chi connectivity index (χ0) is 17.1. The third-order valence-electron chi connectivity index (χ3n) is 4.16. The van der Waals surface area contributed by atoms with Gasteiger partial charge in [0.1, 0.15) is 42.7 Å². The highest BCUT2D eigenvalue weighted by Gasteiger charge is 2.11. The molecule has 25 heavy (non-hydrogen) atoms. The zero-order valence-electron chi connectivity index (χ0n) is 13.7. The van der Waals surface area contributed by atoms with Gasteiger partial charge in [0, 0.05) is 16.8 Å². The summed E-state index contributed by atoms with van der Waals surface area (Å²) in [6.07, 6.45) is 1.10. The monoisotopic (exact) mass is 338 g/mol. The maximum atomic E-state index is 10.1. The third-order valence-corrected chi connectivity index (χ3v) is 4.16. The van der Waals surface area contributed by atoms with Crippen molar-refractivity contribution in [3.8, 4) is 5.75 Å². The van der Waals surface area contributed by atoms with Crippen LogP contribution in [-0.2, 0) is 6.54 Å². The van der Waals surface area contributed by atoms with Crippen LogP contribution in [0.4, 0.5) is 0 Å². The van der Waals surface area contributed by atoms with Crippen LogP contribution in [0.3, 0.4) is 0 Å². The summed E-state index contributed by atoms with van der Waals surface area (Å²) in [6.45, 7) is 1.49. The predicted octanol–water partition coefficient (Wildman–Crippen LogP) is 2.68. The second kappa shape index (κ2) is 7.01. The van der Waals surface area contributed by atoms with Crippen LogP contribution in [0.1, 0.15) is 5.76 Å². The zero-order valence-corrected chi connectivity index (χ0v) is 13.7. The lowest BCUT2D eigenvalue weighted by Gasteiger charge is -2.11. The highest BCUT2D eigenvalue weighted by Crippen LogP contribution is 2.30. The minimum atomic E-state index is -0.554. The summed E-state index contributed by atoms with van der Waals surface area (Å²) in [7, 11) is 0. The molecule has 0 amide bonds. The average molecular weight is 338 g/mol. The Hall–Kier alpha value is -2.76. The van der Waals surface area contributed by atoms with Gasteiger partial charge in [-0.1, -0.05) is 18.2 Å². The van der Waals surface area contributed by atoms with Crippen molar-refractivity contribution in [1.82, 2.24) is 0 Å². The molecular formula is C20H20NO4+. The molecule has 4 rings (SSSR count). The molecule has 0 bridgehead atoms. The molecule has 2 heterocycles. The van der Waals surface area contributed by atoms with E-state index >= 15 is 0 Å². The summed E-state index contributed by atoms with van der Waals surface area (Å²) in [5.41, 5.74) is 1.65. The Labute approximate surface area is 144 Å². The van der Waals surface area contributed by atoms with Crippen molar-refractivity contribution in [2.24, 2.45) is 0 Å². The molecule has 2 aromatic heterocycles. The number of benzene rings is 2. The van der Waals surface area contributed by atoms with Gasteiger partial charge in [-0.05, 0) is 30.3 Å². The van der Waals surface area contributed by atoms with Gasteiger partial charge in [0.2, 0.25) is 0 Å². The number of rotatable bonds is 7. The van der Waals surface area contributed by atoms with E-state index in [0.29, 0.717) is 18.8 Å². The largest absolute Gasteiger partial charge is 0.491 e. The minimum Gasteiger partial charge on any atom is -0.491 e. The molecule has 2 aromatic carbocycles. The summed E-state index contributed by atoms with van der Waals surface area (Å²) >= 11 is 0. The number of ether oxygens (including phenoxy) is 1. The van der Waals surface area contributed by atoms with E-state index in [0.717, 1.165) is 27.7 Å². The number of hydrogen-bond donors (Lipinski definition) is 2. The Balaban J connectivity index is 1.35. The Bertz CT molecular complexity index is 958. The highest BCUT2D eigenvalue weighted by molar-refractivity contribution is 6.05. The number of aliphatic hydroxyl groups is 1. The second-order valence-corrected chi connectivity index (χ2v) is 6.03. The Morgan fingerprint density at radius 2 is 1.88 bits per heavy atom. The Kier molecular flexibility index (Phi) is 4.41. The van der Waals surface area contributed by atoms with Gasteiger partial charge in [0.25, 0.3) is 0 Å². The molecule has 128 valence electrons. The number of furan rings is 2. The van der Waals surface area contributed by atoms with Gasteiger partial charge >= 0.3 is 0 Å². The molecular weight excluding hydrogens is 318 g/mol. The first-order valence-corrected chi connectivity index (χ1v) is 8.36. The lowest BCUT2D eigenvalue weighted by molar-refractivity contribution is -0.678. The molecule has 0 radical (unpaired) electrons. The quantitative estimate of drug-likeness (QED) is 0.543. The topological polar surface area (TPSA) is 72.4 Å². The molecule has 4 aromatic rings. The standard InChI is InChI=1S/C20H19NO4/c22-14(11-21-12-16-4-3-9-23-16)13-24-15-7-8-18-17-5-1-2-6-19(17)25-20(18)10-15/h1-10,14,21-22H,11-13H2/p+1/t14-/m1/s1. The number of aliphatic hydroxyl groups excluding tert-OH is 1. The molecule has 1 atom stereocenters. The molecule has 5 nitrogen and oxygen atoms in total. The predicted molar refractivity (Wildman–Crippen MR) is 94.4 cm³/mol. The summed E-state index contributed by atoms with van der Waals surface area (Å²) in [6, 6.07) is 17.5. The number of quaternary nitrogens is 1. The molecule has 0 aliphatic rings. The van der Waals surface area contributed by atoms with Crippen LogP contribution < -0.4 is 10.1 Å². The van der Waals surface area contributed by atoms with Gasteiger partial charge in [-0.3, -0.25) is 0 Å². The van der Waals surface area contributed by atoms with Crippen LogP contribution in [0.15, 0.2) is 69.7 Å². The summed E-state index contributed by atoms with van der Waals surface area (Å²) < 4.78 is 16.8. The van der Waals surface area contributed by atoms with Gasteiger partial charge < -0.3 is 24.0 Å². The molecule has 0 unspecified atom stereocenters. The first-order chi connectivity index (χ1) is 12.3. The maximum absolute atomic E-state index is 10.1. The first kappa shape index (κ1) is 15.7. The lowest BCUT2D eigenvalue weighted by Crippen LogP contribution is -2.85. The van der Waals surface area contributed by atoms with E-state index in [1.54, 1.807) is 6.26 Å². The molecule has 0 saturated carbocycles. The average Bonchev–Trinajstić information content (AvgIpc) is 3.26. The Morgan fingerprint density at radius 3 is 2.76 bits per heavy atom. The smallest absolute Gasteiger partial charge is 0.157 e. The van der Waals surface area contributed by atoms with Gasteiger partial charge in [-0.25, -0.2) is 0 Å². The minimum absolute atomic E-state index is 0.236. The fraction of sp³-hybridized carbons (Fsp3) is 0.200. The van der Waals surface area contributed by atoms with Crippen molar-refractivity contribution in [2.75, 3.05) is 13.2 Å².